The minimum Gasteiger partial charge on any atom is -0.378 e. The molecule has 1 aromatic carbocycles. The Morgan fingerprint density at radius 2 is 1.79 bits per heavy atom. The van der Waals surface area contributed by atoms with Gasteiger partial charge in [0, 0.05) is 56.1 Å². The summed E-state index contributed by atoms with van der Waals surface area (Å²) in [5, 5.41) is 0. The van der Waals surface area contributed by atoms with Crippen LogP contribution in [0.25, 0.3) is 0 Å². The molecule has 0 unspecified atom stereocenters. The summed E-state index contributed by atoms with van der Waals surface area (Å²) in [4.78, 5) is 19.0. The van der Waals surface area contributed by atoms with E-state index in [1.165, 1.54) is 12.1 Å². The molecule has 7 heteroatoms. The Hall–Kier alpha value is -2.90. The van der Waals surface area contributed by atoms with Crippen molar-refractivity contribution in [2.45, 2.75) is 31.7 Å². The molecule has 2 saturated heterocycles. The zero-order valence-corrected chi connectivity index (χ0v) is 18.9. The van der Waals surface area contributed by atoms with Crippen LogP contribution in [0.15, 0.2) is 54.7 Å². The summed E-state index contributed by atoms with van der Waals surface area (Å²) in [7, 11) is 0. The molecule has 2 aliphatic rings. The van der Waals surface area contributed by atoms with E-state index in [2.05, 4.69) is 33.0 Å². The fourth-order valence-corrected chi connectivity index (χ4v) is 4.69. The normalized spacial score (nSPS) is 19.5. The first-order chi connectivity index (χ1) is 16.2. The predicted octanol–water partition coefficient (Wildman–Crippen LogP) is 3.82. The van der Waals surface area contributed by atoms with Crippen LogP contribution in [0.3, 0.4) is 0 Å². The van der Waals surface area contributed by atoms with Gasteiger partial charge in [-0.15, -0.1) is 0 Å². The molecular formula is C26H30FN5O. The molecule has 0 aliphatic carbocycles. The van der Waals surface area contributed by atoms with E-state index in [1.807, 2.05) is 24.4 Å². The van der Waals surface area contributed by atoms with Crippen molar-refractivity contribution in [3.63, 3.8) is 0 Å². The van der Waals surface area contributed by atoms with Crippen molar-refractivity contribution in [2.75, 3.05) is 44.3 Å². The molecule has 3 aromatic rings. The third-order valence-electron chi connectivity index (χ3n) is 6.43. The standard InChI is InChI=1S/C26H30FN5O/c27-22-8-6-20(7-9-22)17-23-4-1-5-25(29-23)21-3-2-12-31(18-21)19-24-10-11-28-26(30-24)32-13-15-33-16-14-32/h1,4-11,21H,2-3,12-19H2/t21-/m1/s1. The maximum Gasteiger partial charge on any atom is 0.225 e. The lowest BCUT2D eigenvalue weighted by atomic mass is 9.93. The lowest BCUT2D eigenvalue weighted by molar-refractivity contribution is 0.122. The molecule has 0 saturated carbocycles. The number of rotatable bonds is 6. The second-order valence-electron chi connectivity index (χ2n) is 8.88. The molecule has 2 fully saturated rings. The van der Waals surface area contributed by atoms with Gasteiger partial charge in [0.15, 0.2) is 0 Å². The summed E-state index contributed by atoms with van der Waals surface area (Å²) < 4.78 is 18.7. The van der Waals surface area contributed by atoms with E-state index in [9.17, 15) is 4.39 Å². The maximum atomic E-state index is 13.2. The molecule has 33 heavy (non-hydrogen) atoms. The molecule has 0 radical (unpaired) electrons. The Bertz CT molecular complexity index is 1050. The van der Waals surface area contributed by atoms with E-state index < -0.39 is 0 Å². The number of aromatic nitrogens is 3. The van der Waals surface area contributed by atoms with E-state index in [1.54, 1.807) is 0 Å². The topological polar surface area (TPSA) is 54.4 Å². The van der Waals surface area contributed by atoms with Gasteiger partial charge >= 0.3 is 0 Å². The molecule has 5 rings (SSSR count). The highest BCUT2D eigenvalue weighted by atomic mass is 19.1. The van der Waals surface area contributed by atoms with Crippen molar-refractivity contribution in [3.05, 3.63) is 83.2 Å². The molecule has 2 aliphatic heterocycles. The van der Waals surface area contributed by atoms with Crippen LogP contribution in [-0.4, -0.2) is 59.2 Å². The number of benzene rings is 1. The number of piperidine rings is 1. The highest BCUT2D eigenvalue weighted by molar-refractivity contribution is 5.31. The van der Waals surface area contributed by atoms with Crippen molar-refractivity contribution in [3.8, 4) is 0 Å². The van der Waals surface area contributed by atoms with Crippen molar-refractivity contribution < 1.29 is 9.13 Å². The second-order valence-corrected chi connectivity index (χ2v) is 8.88. The molecule has 6 nitrogen and oxygen atoms in total. The number of halogens is 1. The van der Waals surface area contributed by atoms with Gasteiger partial charge in [-0.3, -0.25) is 9.88 Å². The molecule has 172 valence electrons. The van der Waals surface area contributed by atoms with Crippen molar-refractivity contribution >= 4 is 5.95 Å². The van der Waals surface area contributed by atoms with Gasteiger partial charge in [-0.25, -0.2) is 14.4 Å². The van der Waals surface area contributed by atoms with Crippen molar-refractivity contribution in [2.24, 2.45) is 0 Å². The van der Waals surface area contributed by atoms with E-state index in [4.69, 9.17) is 14.7 Å². The zero-order valence-electron chi connectivity index (χ0n) is 18.9. The van der Waals surface area contributed by atoms with Gasteiger partial charge in [-0.05, 0) is 55.3 Å². The van der Waals surface area contributed by atoms with Crippen LogP contribution in [0, 0.1) is 5.82 Å². The van der Waals surface area contributed by atoms with Crippen LogP contribution in [0.1, 0.15) is 41.4 Å². The number of nitrogens with zero attached hydrogens (tertiary/aromatic N) is 5. The zero-order chi connectivity index (χ0) is 22.5. The molecule has 0 amide bonds. The van der Waals surface area contributed by atoms with Gasteiger partial charge in [0.25, 0.3) is 0 Å². The number of anilines is 1. The van der Waals surface area contributed by atoms with Gasteiger partial charge in [-0.1, -0.05) is 18.2 Å². The molecule has 1 atom stereocenters. The Morgan fingerprint density at radius 1 is 0.939 bits per heavy atom. The van der Waals surface area contributed by atoms with Crippen LogP contribution in [0.5, 0.6) is 0 Å². The first-order valence-electron chi connectivity index (χ1n) is 11.8. The molecule has 0 spiro atoms. The smallest absolute Gasteiger partial charge is 0.225 e. The molecule has 4 heterocycles. The van der Waals surface area contributed by atoms with Crippen LogP contribution in [-0.2, 0) is 17.7 Å². The number of morpholine rings is 1. The first kappa shape index (κ1) is 21.9. The minimum absolute atomic E-state index is 0.205. The van der Waals surface area contributed by atoms with Crippen LogP contribution in [0.2, 0.25) is 0 Å². The minimum atomic E-state index is -0.205. The monoisotopic (exact) mass is 447 g/mol. The van der Waals surface area contributed by atoms with Crippen LogP contribution in [0.4, 0.5) is 10.3 Å². The van der Waals surface area contributed by atoms with Crippen molar-refractivity contribution in [1.82, 2.24) is 19.9 Å². The van der Waals surface area contributed by atoms with Crippen molar-refractivity contribution in [1.29, 1.82) is 0 Å². The predicted molar refractivity (Wildman–Crippen MR) is 126 cm³/mol. The van der Waals surface area contributed by atoms with E-state index in [-0.39, 0.29) is 5.82 Å². The summed E-state index contributed by atoms with van der Waals surface area (Å²) in [5.74, 6) is 1.01. The maximum absolute atomic E-state index is 13.2. The van der Waals surface area contributed by atoms with Gasteiger partial charge in [-0.2, -0.15) is 0 Å². The number of pyridine rings is 1. The first-order valence-corrected chi connectivity index (χ1v) is 11.8. The summed E-state index contributed by atoms with van der Waals surface area (Å²) in [6.07, 6.45) is 4.88. The van der Waals surface area contributed by atoms with Gasteiger partial charge in [0.05, 0.1) is 18.9 Å². The second kappa shape index (κ2) is 10.4. The van der Waals surface area contributed by atoms with E-state index >= 15 is 0 Å². The van der Waals surface area contributed by atoms with Gasteiger partial charge < -0.3 is 9.64 Å². The average molecular weight is 448 g/mol. The lowest BCUT2D eigenvalue weighted by Crippen LogP contribution is -2.38. The summed E-state index contributed by atoms with van der Waals surface area (Å²) in [5.41, 5.74) is 4.31. The largest absolute Gasteiger partial charge is 0.378 e. The Labute approximate surface area is 194 Å². The lowest BCUT2D eigenvalue weighted by Gasteiger charge is -2.32. The Kier molecular flexibility index (Phi) is 6.88. The fourth-order valence-electron chi connectivity index (χ4n) is 4.69. The Balaban J connectivity index is 1.23. The molecule has 2 aromatic heterocycles. The third kappa shape index (κ3) is 5.72. The fraction of sp³-hybridized carbons (Fsp3) is 0.423. The third-order valence-corrected chi connectivity index (χ3v) is 6.43. The number of likely N-dealkylation sites (tertiary alicyclic amines) is 1. The summed E-state index contributed by atoms with van der Waals surface area (Å²) in [6, 6.07) is 15.0. The van der Waals surface area contributed by atoms with Crippen LogP contribution < -0.4 is 4.90 Å². The SMILES string of the molecule is Fc1ccc(Cc2cccc([C@@H]3CCCN(Cc4ccnc(N5CCOCC5)n4)C3)n2)cc1. The quantitative estimate of drug-likeness (QED) is 0.573. The van der Waals surface area contributed by atoms with Gasteiger partial charge in [0.1, 0.15) is 5.82 Å². The number of ether oxygens (including phenoxy) is 1. The molecule has 0 bridgehead atoms. The Morgan fingerprint density at radius 3 is 2.64 bits per heavy atom. The number of hydrogen-bond acceptors (Lipinski definition) is 6. The van der Waals surface area contributed by atoms with Gasteiger partial charge in [0.2, 0.25) is 5.95 Å². The summed E-state index contributed by atoms with van der Waals surface area (Å²) >= 11 is 0. The average Bonchev–Trinajstić information content (AvgIpc) is 2.87. The molecular weight excluding hydrogens is 417 g/mol. The highest BCUT2D eigenvalue weighted by Crippen LogP contribution is 2.27. The van der Waals surface area contributed by atoms with E-state index in [0.717, 1.165) is 93.8 Å². The highest BCUT2D eigenvalue weighted by Gasteiger charge is 2.23. The molecule has 0 N–H and O–H groups in total. The van der Waals surface area contributed by atoms with Crippen LogP contribution >= 0.6 is 0 Å². The number of hydrogen-bond donors (Lipinski definition) is 0. The van der Waals surface area contributed by atoms with E-state index in [0.29, 0.717) is 5.92 Å². The summed E-state index contributed by atoms with van der Waals surface area (Å²) in [6.45, 7) is 6.02.